The Bertz CT molecular complexity index is 596. The van der Waals surface area contributed by atoms with Gasteiger partial charge in [0, 0.05) is 19.2 Å². The van der Waals surface area contributed by atoms with Crippen LogP contribution in [0.3, 0.4) is 0 Å². The molecule has 5 nitrogen and oxygen atoms in total. The third kappa shape index (κ3) is 2.61. The van der Waals surface area contributed by atoms with E-state index < -0.39 is 0 Å². The molecule has 1 aliphatic carbocycles. The molecule has 1 N–H and O–H groups in total. The molecule has 1 aliphatic rings. The van der Waals surface area contributed by atoms with Gasteiger partial charge in [0.15, 0.2) is 5.82 Å². The highest BCUT2D eigenvalue weighted by Gasteiger charge is 2.24. The summed E-state index contributed by atoms with van der Waals surface area (Å²) in [4.78, 5) is 17.6. The standard InChI is InChI=1S/C14H16IN5/c1-16-14-11(15)12(9-4-2-3-5-9)19-13(20-14)10-6-7-17-8-18-10/h6-9H,2-5H2,1H3,(H,16,19,20). The molecule has 1 saturated carbocycles. The fourth-order valence-corrected chi connectivity index (χ4v) is 3.59. The van der Waals surface area contributed by atoms with Crippen molar-refractivity contribution in [3.05, 3.63) is 27.9 Å². The summed E-state index contributed by atoms with van der Waals surface area (Å²) in [7, 11) is 1.90. The zero-order valence-corrected chi connectivity index (χ0v) is 13.5. The van der Waals surface area contributed by atoms with Crippen LogP contribution in [0.15, 0.2) is 18.6 Å². The molecule has 104 valence electrons. The molecule has 3 rings (SSSR count). The van der Waals surface area contributed by atoms with Gasteiger partial charge in [-0.2, -0.15) is 0 Å². The minimum absolute atomic E-state index is 0.553. The van der Waals surface area contributed by atoms with Crippen LogP contribution >= 0.6 is 22.6 Å². The molecule has 0 radical (unpaired) electrons. The topological polar surface area (TPSA) is 63.6 Å². The quantitative estimate of drug-likeness (QED) is 0.828. The molecule has 2 aromatic heterocycles. The Morgan fingerprint density at radius 1 is 1.25 bits per heavy atom. The van der Waals surface area contributed by atoms with Crippen molar-refractivity contribution in [2.24, 2.45) is 0 Å². The Morgan fingerprint density at radius 3 is 2.70 bits per heavy atom. The molecule has 20 heavy (non-hydrogen) atoms. The number of nitrogens with zero attached hydrogens (tertiary/aromatic N) is 4. The van der Waals surface area contributed by atoms with Gasteiger partial charge in [-0.1, -0.05) is 12.8 Å². The second kappa shape index (κ2) is 5.99. The summed E-state index contributed by atoms with van der Waals surface area (Å²) in [6.07, 6.45) is 8.28. The van der Waals surface area contributed by atoms with Crippen LogP contribution in [-0.4, -0.2) is 27.0 Å². The lowest BCUT2D eigenvalue weighted by atomic mass is 10.0. The minimum Gasteiger partial charge on any atom is -0.372 e. The van der Waals surface area contributed by atoms with Gasteiger partial charge >= 0.3 is 0 Å². The Hall–Kier alpha value is -1.31. The normalized spacial score (nSPS) is 15.5. The summed E-state index contributed by atoms with van der Waals surface area (Å²) in [6.45, 7) is 0. The van der Waals surface area contributed by atoms with Gasteiger partial charge in [0.1, 0.15) is 17.8 Å². The van der Waals surface area contributed by atoms with E-state index in [1.807, 2.05) is 13.1 Å². The Kier molecular flexibility index (Phi) is 4.09. The highest BCUT2D eigenvalue weighted by molar-refractivity contribution is 14.1. The smallest absolute Gasteiger partial charge is 0.180 e. The first-order valence-electron chi connectivity index (χ1n) is 6.81. The number of hydrogen-bond donors (Lipinski definition) is 1. The lowest BCUT2D eigenvalue weighted by molar-refractivity contribution is 0.690. The summed E-state index contributed by atoms with van der Waals surface area (Å²) in [6, 6.07) is 1.85. The highest BCUT2D eigenvalue weighted by atomic mass is 127. The van der Waals surface area contributed by atoms with Crippen LogP contribution in [0.5, 0.6) is 0 Å². The summed E-state index contributed by atoms with van der Waals surface area (Å²) >= 11 is 2.35. The van der Waals surface area contributed by atoms with Gasteiger partial charge in [-0.05, 0) is 41.5 Å². The molecule has 0 atom stereocenters. The molecular weight excluding hydrogens is 365 g/mol. The molecule has 1 fully saturated rings. The zero-order chi connectivity index (χ0) is 13.9. The van der Waals surface area contributed by atoms with Crippen molar-refractivity contribution in [2.75, 3.05) is 12.4 Å². The fourth-order valence-electron chi connectivity index (χ4n) is 2.64. The molecular formula is C14H16IN5. The molecule has 0 aromatic carbocycles. The highest BCUT2D eigenvalue weighted by Crippen LogP contribution is 2.37. The van der Waals surface area contributed by atoms with Crippen molar-refractivity contribution in [1.82, 2.24) is 19.9 Å². The molecule has 0 aliphatic heterocycles. The Balaban J connectivity index is 2.09. The lowest BCUT2D eigenvalue weighted by Gasteiger charge is -2.15. The van der Waals surface area contributed by atoms with Crippen LogP contribution in [0.4, 0.5) is 5.82 Å². The maximum Gasteiger partial charge on any atom is 0.180 e. The maximum atomic E-state index is 4.78. The van der Waals surface area contributed by atoms with E-state index in [1.54, 1.807) is 6.20 Å². The van der Waals surface area contributed by atoms with Crippen molar-refractivity contribution in [3.63, 3.8) is 0 Å². The number of aromatic nitrogens is 4. The van der Waals surface area contributed by atoms with E-state index in [1.165, 1.54) is 32.0 Å². The Morgan fingerprint density at radius 2 is 2.05 bits per heavy atom. The number of anilines is 1. The van der Waals surface area contributed by atoms with Gasteiger partial charge in [0.05, 0.1) is 9.26 Å². The summed E-state index contributed by atoms with van der Waals surface area (Å²) in [5, 5.41) is 3.17. The van der Waals surface area contributed by atoms with Crippen LogP contribution in [0.2, 0.25) is 0 Å². The van der Waals surface area contributed by atoms with Crippen LogP contribution in [-0.2, 0) is 0 Å². The first-order chi connectivity index (χ1) is 9.79. The van der Waals surface area contributed by atoms with Crippen molar-refractivity contribution >= 4 is 28.4 Å². The number of halogens is 1. The summed E-state index contributed by atoms with van der Waals surface area (Å²) in [5.74, 6) is 2.12. The number of rotatable bonds is 3. The average Bonchev–Trinajstić information content (AvgIpc) is 3.02. The van der Waals surface area contributed by atoms with Gasteiger partial charge in [-0.3, -0.25) is 0 Å². The van der Waals surface area contributed by atoms with Crippen LogP contribution in [0.25, 0.3) is 11.5 Å². The fraction of sp³-hybridized carbons (Fsp3) is 0.429. The zero-order valence-electron chi connectivity index (χ0n) is 11.3. The summed E-state index contributed by atoms with van der Waals surface area (Å²) < 4.78 is 1.13. The first kappa shape index (κ1) is 13.7. The lowest BCUT2D eigenvalue weighted by Crippen LogP contribution is -2.08. The van der Waals surface area contributed by atoms with Crippen molar-refractivity contribution in [1.29, 1.82) is 0 Å². The van der Waals surface area contributed by atoms with E-state index in [4.69, 9.17) is 4.98 Å². The number of hydrogen-bond acceptors (Lipinski definition) is 5. The van der Waals surface area contributed by atoms with Crippen LogP contribution < -0.4 is 5.32 Å². The van der Waals surface area contributed by atoms with Crippen molar-refractivity contribution in [3.8, 4) is 11.5 Å². The molecule has 2 aromatic rings. The summed E-state index contributed by atoms with van der Waals surface area (Å²) in [5.41, 5.74) is 1.93. The molecule has 0 bridgehead atoms. The third-order valence-electron chi connectivity index (χ3n) is 3.67. The Labute approximate surface area is 131 Å². The van der Waals surface area contributed by atoms with Gasteiger partial charge in [0.2, 0.25) is 0 Å². The van der Waals surface area contributed by atoms with Gasteiger partial charge in [-0.25, -0.2) is 19.9 Å². The predicted octanol–water partition coefficient (Wildman–Crippen LogP) is 3.24. The van der Waals surface area contributed by atoms with Crippen molar-refractivity contribution < 1.29 is 0 Å². The second-order valence-corrected chi connectivity index (χ2v) is 6.00. The monoisotopic (exact) mass is 381 g/mol. The van der Waals surface area contributed by atoms with Crippen LogP contribution in [0.1, 0.15) is 37.3 Å². The molecule has 6 heteroatoms. The van der Waals surface area contributed by atoms with Gasteiger partial charge in [0.25, 0.3) is 0 Å². The maximum absolute atomic E-state index is 4.78. The van der Waals surface area contributed by atoms with E-state index in [2.05, 4.69) is 42.9 Å². The van der Waals surface area contributed by atoms with E-state index in [9.17, 15) is 0 Å². The van der Waals surface area contributed by atoms with E-state index in [0.29, 0.717) is 11.7 Å². The molecule has 0 saturated heterocycles. The molecule has 0 spiro atoms. The second-order valence-electron chi connectivity index (χ2n) is 4.92. The van der Waals surface area contributed by atoms with E-state index in [-0.39, 0.29) is 0 Å². The van der Waals surface area contributed by atoms with Gasteiger partial charge in [-0.15, -0.1) is 0 Å². The predicted molar refractivity (Wildman–Crippen MR) is 86.5 cm³/mol. The molecule has 2 heterocycles. The van der Waals surface area contributed by atoms with Crippen molar-refractivity contribution in [2.45, 2.75) is 31.6 Å². The average molecular weight is 381 g/mol. The third-order valence-corrected chi connectivity index (χ3v) is 4.73. The minimum atomic E-state index is 0.553. The van der Waals surface area contributed by atoms with E-state index >= 15 is 0 Å². The molecule has 0 unspecified atom stereocenters. The molecule has 0 amide bonds. The van der Waals surface area contributed by atoms with Crippen LogP contribution in [0, 0.1) is 3.57 Å². The van der Waals surface area contributed by atoms with E-state index in [0.717, 1.165) is 20.8 Å². The van der Waals surface area contributed by atoms with Gasteiger partial charge < -0.3 is 5.32 Å². The SMILES string of the molecule is CNc1nc(-c2ccncn2)nc(C2CCCC2)c1I. The largest absolute Gasteiger partial charge is 0.372 e. The number of nitrogens with one attached hydrogen (secondary N) is 1. The first-order valence-corrected chi connectivity index (χ1v) is 7.89.